The fraction of sp³-hybridized carbons (Fsp3) is 0.429. The molecule has 4 amide bonds. The zero-order valence-corrected chi connectivity index (χ0v) is 37.0. The molecule has 0 spiro atoms. The van der Waals surface area contributed by atoms with Crippen molar-refractivity contribution in [2.75, 3.05) is 41.0 Å². The SMILES string of the molecule is Cc1c[n+](C2(C)COc3c(cccc3-c3cc(NC(=O)[C@H]4CCC[C@@H](NC(=O)CC#N)C4)ncc3C)N2)c(NC(=O)[C@H]2CCC[C@@H](NC(=O)CC#N)C2)cc1-c1cccc2c1OCCN2. The smallest absolute Gasteiger partial charge is 0.310 e. The summed E-state index contributed by atoms with van der Waals surface area (Å²) in [5, 5.41) is 37.2. The minimum atomic E-state index is -0.898. The van der Waals surface area contributed by atoms with Crippen molar-refractivity contribution in [3.63, 3.8) is 0 Å². The number of para-hydroxylation sites is 2. The maximum absolute atomic E-state index is 14.3. The number of anilines is 4. The Hall–Kier alpha value is -7.20. The van der Waals surface area contributed by atoms with E-state index in [1.165, 1.54) is 0 Å². The molecule has 4 heterocycles. The van der Waals surface area contributed by atoms with Gasteiger partial charge in [0.2, 0.25) is 23.4 Å². The third-order valence-corrected chi connectivity index (χ3v) is 12.9. The Bertz CT molecular complexity index is 2600. The quantitative estimate of drug-likeness (QED) is 0.0911. The monoisotopic (exact) mass is 879 g/mol. The molecular weight excluding hydrogens is 825 g/mol. The predicted molar refractivity (Wildman–Crippen MR) is 243 cm³/mol. The second-order valence-corrected chi connectivity index (χ2v) is 17.7. The van der Waals surface area contributed by atoms with Crippen molar-refractivity contribution in [2.24, 2.45) is 11.8 Å². The Morgan fingerprint density at radius 3 is 2.03 bits per heavy atom. The molecule has 8 rings (SSSR count). The van der Waals surface area contributed by atoms with E-state index < -0.39 is 5.66 Å². The largest absolute Gasteiger partial charge is 0.489 e. The first-order valence-corrected chi connectivity index (χ1v) is 22.4. The number of nitrogens with zero attached hydrogens (tertiary/aromatic N) is 4. The highest BCUT2D eigenvalue weighted by Crippen LogP contribution is 2.44. The van der Waals surface area contributed by atoms with Gasteiger partial charge in [-0.05, 0) is 87.3 Å². The van der Waals surface area contributed by atoms with Crippen LogP contribution in [0.3, 0.4) is 0 Å². The summed E-state index contributed by atoms with van der Waals surface area (Å²) in [6.45, 7) is 7.41. The van der Waals surface area contributed by atoms with Crippen LogP contribution in [0.2, 0.25) is 0 Å². The topological polar surface area (TPSA) is 223 Å². The molecule has 336 valence electrons. The van der Waals surface area contributed by atoms with E-state index in [2.05, 4.69) is 36.9 Å². The summed E-state index contributed by atoms with van der Waals surface area (Å²) < 4.78 is 14.9. The van der Waals surface area contributed by atoms with Gasteiger partial charge in [0, 0.05) is 60.4 Å². The first-order chi connectivity index (χ1) is 31.4. The zero-order chi connectivity index (χ0) is 45.7. The van der Waals surface area contributed by atoms with Gasteiger partial charge in [-0.3, -0.25) is 14.4 Å². The van der Waals surface area contributed by atoms with Crippen LogP contribution in [0.5, 0.6) is 11.5 Å². The molecule has 1 unspecified atom stereocenters. The summed E-state index contributed by atoms with van der Waals surface area (Å²) in [5.74, 6) is 0.666. The molecule has 2 aliphatic carbocycles. The molecule has 2 saturated carbocycles. The minimum Gasteiger partial charge on any atom is -0.489 e. The second kappa shape index (κ2) is 19.3. The normalized spacial score (nSPS) is 22.0. The van der Waals surface area contributed by atoms with Crippen LogP contribution in [0, 0.1) is 48.3 Å². The lowest BCUT2D eigenvalue weighted by Crippen LogP contribution is -2.65. The first kappa shape index (κ1) is 44.4. The van der Waals surface area contributed by atoms with Gasteiger partial charge in [-0.1, -0.05) is 37.1 Å². The Labute approximate surface area is 378 Å². The van der Waals surface area contributed by atoms with E-state index >= 15 is 0 Å². The van der Waals surface area contributed by atoms with Crippen LogP contribution in [0.4, 0.5) is 23.0 Å². The molecule has 5 atom stereocenters. The number of amides is 4. The van der Waals surface area contributed by atoms with Crippen LogP contribution in [-0.4, -0.2) is 60.5 Å². The molecule has 16 nitrogen and oxygen atoms in total. The van der Waals surface area contributed by atoms with Gasteiger partial charge >= 0.3 is 5.91 Å². The van der Waals surface area contributed by atoms with E-state index in [9.17, 15) is 19.2 Å². The highest BCUT2D eigenvalue weighted by molar-refractivity contribution is 5.94. The summed E-state index contributed by atoms with van der Waals surface area (Å²) >= 11 is 0. The van der Waals surface area contributed by atoms with Gasteiger partial charge < -0.3 is 36.1 Å². The number of pyridine rings is 2. The molecule has 6 N–H and O–H groups in total. The lowest BCUT2D eigenvalue weighted by atomic mass is 9.85. The van der Waals surface area contributed by atoms with Crippen molar-refractivity contribution in [2.45, 2.75) is 103 Å². The summed E-state index contributed by atoms with van der Waals surface area (Å²) in [7, 11) is 0. The fourth-order valence-electron chi connectivity index (χ4n) is 9.66. The van der Waals surface area contributed by atoms with Gasteiger partial charge in [0.05, 0.1) is 35.6 Å². The van der Waals surface area contributed by atoms with Gasteiger partial charge in [0.25, 0.3) is 5.82 Å². The summed E-state index contributed by atoms with van der Waals surface area (Å²) in [6, 6.07) is 19.1. The van der Waals surface area contributed by atoms with Crippen LogP contribution in [0.15, 0.2) is 60.9 Å². The molecule has 0 bridgehead atoms. The minimum absolute atomic E-state index is 0.162. The van der Waals surface area contributed by atoms with Crippen molar-refractivity contribution in [1.82, 2.24) is 15.6 Å². The van der Waals surface area contributed by atoms with Gasteiger partial charge in [-0.25, -0.2) is 19.7 Å². The maximum atomic E-state index is 14.3. The van der Waals surface area contributed by atoms with Crippen LogP contribution in [0.1, 0.15) is 82.3 Å². The van der Waals surface area contributed by atoms with E-state index in [-0.39, 0.29) is 67.0 Å². The van der Waals surface area contributed by atoms with Crippen LogP contribution in [0.25, 0.3) is 22.3 Å². The summed E-state index contributed by atoms with van der Waals surface area (Å²) in [6.07, 6.45) is 8.68. The number of nitriles is 2. The molecule has 0 radical (unpaired) electrons. The lowest BCUT2D eigenvalue weighted by Gasteiger charge is -2.37. The number of aryl methyl sites for hydroxylation is 2. The number of hydrogen-bond acceptors (Lipinski definition) is 11. The Morgan fingerprint density at radius 1 is 0.785 bits per heavy atom. The zero-order valence-electron chi connectivity index (χ0n) is 37.0. The second-order valence-electron chi connectivity index (χ2n) is 17.7. The molecule has 2 aliphatic heterocycles. The van der Waals surface area contributed by atoms with E-state index in [1.807, 2.05) is 92.2 Å². The molecule has 2 aromatic carbocycles. The standard InChI is InChI=1S/C49H54N10O6/c1-29-26-53-41(56-47(62)31-8-4-10-33(22-31)54-43(60)16-18-50)24-37(29)35-13-7-15-40-46(35)65-28-49(3,58-40)59-27-30(2)38(36-12-6-14-39-45(36)64-21-20-52-39)25-42(59)57-48(63)32-9-5-11-34(23-32)55-44(61)17-19-51/h6-7,12-15,24-27,31-34,52,58H,4-5,8-11,16-17,20-23,28H2,1-3H3,(H3,53,54,55,56,60,61,62)/p+1/t31-,32-,33+,34+,49?/m0/s1. The highest BCUT2D eigenvalue weighted by Gasteiger charge is 2.42. The predicted octanol–water partition coefficient (Wildman–Crippen LogP) is 6.36. The van der Waals surface area contributed by atoms with Gasteiger partial charge in [0.15, 0.2) is 12.4 Å². The molecule has 2 aromatic heterocycles. The Balaban J connectivity index is 1.07. The number of carbonyl (C=O) groups is 4. The van der Waals surface area contributed by atoms with E-state index in [1.54, 1.807) is 6.20 Å². The first-order valence-electron chi connectivity index (χ1n) is 22.4. The Kier molecular flexibility index (Phi) is 13.2. The van der Waals surface area contributed by atoms with Crippen LogP contribution in [-0.2, 0) is 24.8 Å². The van der Waals surface area contributed by atoms with Crippen LogP contribution >= 0.6 is 0 Å². The number of rotatable bonds is 11. The van der Waals surface area contributed by atoms with Crippen molar-refractivity contribution in [3.8, 4) is 45.9 Å². The third kappa shape index (κ3) is 9.82. The number of ether oxygens (including phenoxy) is 2. The summed E-state index contributed by atoms with van der Waals surface area (Å²) in [5.41, 5.74) is 6.00. The van der Waals surface area contributed by atoms with Crippen molar-refractivity contribution in [3.05, 3.63) is 72.1 Å². The average molecular weight is 880 g/mol. The number of aromatic nitrogens is 2. The molecule has 16 heteroatoms. The number of fused-ring (bicyclic) bond motifs is 2. The van der Waals surface area contributed by atoms with E-state index in [0.717, 1.165) is 76.2 Å². The van der Waals surface area contributed by atoms with Gasteiger partial charge in [-0.15, -0.1) is 0 Å². The van der Waals surface area contributed by atoms with Crippen molar-refractivity contribution in [1.29, 1.82) is 10.5 Å². The van der Waals surface area contributed by atoms with Crippen LogP contribution < -0.4 is 45.9 Å². The molecular formula is C49H55N10O6+. The number of carbonyl (C=O) groups excluding carboxylic acids is 4. The number of hydrogen-bond donors (Lipinski definition) is 6. The maximum Gasteiger partial charge on any atom is 0.310 e. The molecule has 4 aromatic rings. The number of nitrogens with one attached hydrogen (secondary N) is 6. The highest BCUT2D eigenvalue weighted by atomic mass is 16.5. The van der Waals surface area contributed by atoms with E-state index in [4.69, 9.17) is 20.0 Å². The molecule has 2 fully saturated rings. The molecule has 4 aliphatic rings. The molecule has 0 saturated heterocycles. The number of benzene rings is 2. The average Bonchev–Trinajstić information content (AvgIpc) is 3.30. The molecule has 65 heavy (non-hydrogen) atoms. The van der Waals surface area contributed by atoms with Crippen molar-refractivity contribution >= 4 is 46.6 Å². The van der Waals surface area contributed by atoms with Gasteiger partial charge in [-0.2, -0.15) is 10.5 Å². The Morgan fingerprint density at radius 2 is 1.38 bits per heavy atom. The van der Waals surface area contributed by atoms with E-state index in [0.29, 0.717) is 56.2 Å². The third-order valence-electron chi connectivity index (χ3n) is 12.9. The lowest BCUT2D eigenvalue weighted by molar-refractivity contribution is -0.743. The summed E-state index contributed by atoms with van der Waals surface area (Å²) in [4.78, 5) is 56.7. The van der Waals surface area contributed by atoms with Gasteiger partial charge in [0.1, 0.15) is 31.0 Å². The fourth-order valence-corrected chi connectivity index (χ4v) is 9.66. The van der Waals surface area contributed by atoms with Crippen molar-refractivity contribution < 1.29 is 33.2 Å².